The van der Waals surface area contributed by atoms with E-state index in [-0.39, 0.29) is 12.6 Å². The number of rotatable bonds is 4. The summed E-state index contributed by atoms with van der Waals surface area (Å²) >= 11 is 6.66. The number of carbonyl (C=O) groups excluding carboxylic acids is 1. The van der Waals surface area contributed by atoms with Gasteiger partial charge in [0.15, 0.2) is 0 Å². The van der Waals surface area contributed by atoms with Crippen molar-refractivity contribution in [1.29, 1.82) is 0 Å². The van der Waals surface area contributed by atoms with Gasteiger partial charge in [-0.1, -0.05) is 15.9 Å². The predicted octanol–water partition coefficient (Wildman–Crippen LogP) is 2.72. The highest BCUT2D eigenvalue weighted by Crippen LogP contribution is 2.25. The van der Waals surface area contributed by atoms with Gasteiger partial charge in [0, 0.05) is 22.1 Å². The third kappa shape index (κ3) is 4.51. The number of hydrogen-bond donors (Lipinski definition) is 3. The molecular formula is C10H12Br2N2O2. The number of hydrogen-bond acceptors (Lipinski definition) is 2. The van der Waals surface area contributed by atoms with Gasteiger partial charge in [0.05, 0.1) is 5.69 Å². The van der Waals surface area contributed by atoms with E-state index in [9.17, 15) is 4.79 Å². The Morgan fingerprint density at radius 1 is 1.38 bits per heavy atom. The molecule has 16 heavy (non-hydrogen) atoms. The Balaban J connectivity index is 2.52. The summed E-state index contributed by atoms with van der Waals surface area (Å²) in [6.45, 7) is 0.523. The average Bonchev–Trinajstić information content (AvgIpc) is 2.24. The SMILES string of the molecule is O=C(NCCCO)Nc1cc(Br)ccc1Br. The van der Waals surface area contributed by atoms with Gasteiger partial charge in [0.2, 0.25) is 0 Å². The second kappa shape index (κ2) is 6.88. The highest BCUT2D eigenvalue weighted by molar-refractivity contribution is 9.11. The molecule has 0 aliphatic rings. The molecule has 0 aliphatic carbocycles. The zero-order chi connectivity index (χ0) is 12.0. The first-order chi connectivity index (χ1) is 7.63. The summed E-state index contributed by atoms with van der Waals surface area (Å²) in [5.74, 6) is 0. The topological polar surface area (TPSA) is 61.4 Å². The van der Waals surface area contributed by atoms with E-state index in [4.69, 9.17) is 5.11 Å². The lowest BCUT2D eigenvalue weighted by molar-refractivity contribution is 0.249. The predicted molar refractivity (Wildman–Crippen MR) is 70.6 cm³/mol. The summed E-state index contributed by atoms with van der Waals surface area (Å²) in [6, 6.07) is 5.23. The molecule has 0 saturated heterocycles. The standard InChI is InChI=1S/C10H12Br2N2O2/c11-7-2-3-8(12)9(6-7)14-10(16)13-4-1-5-15/h2-3,6,15H,1,4-5H2,(H2,13,14,16). The van der Waals surface area contributed by atoms with Crippen molar-refractivity contribution >= 4 is 43.6 Å². The van der Waals surface area contributed by atoms with E-state index < -0.39 is 0 Å². The van der Waals surface area contributed by atoms with Crippen LogP contribution in [0.4, 0.5) is 10.5 Å². The van der Waals surface area contributed by atoms with Crippen molar-refractivity contribution in [2.45, 2.75) is 6.42 Å². The monoisotopic (exact) mass is 350 g/mol. The highest BCUT2D eigenvalue weighted by atomic mass is 79.9. The molecule has 0 fully saturated rings. The number of nitrogens with one attached hydrogen (secondary N) is 2. The molecule has 1 rings (SSSR count). The number of aliphatic hydroxyl groups excluding tert-OH is 1. The van der Waals surface area contributed by atoms with Gasteiger partial charge in [-0.25, -0.2) is 4.79 Å². The second-order valence-corrected chi connectivity index (χ2v) is 4.85. The minimum atomic E-state index is -0.285. The van der Waals surface area contributed by atoms with Gasteiger partial charge in [-0.05, 0) is 40.5 Å². The molecule has 0 unspecified atom stereocenters. The zero-order valence-corrected chi connectivity index (χ0v) is 11.6. The first kappa shape index (κ1) is 13.5. The van der Waals surface area contributed by atoms with Crippen LogP contribution < -0.4 is 10.6 Å². The Labute approximate surface area is 111 Å². The average molecular weight is 352 g/mol. The largest absolute Gasteiger partial charge is 0.396 e. The summed E-state index contributed by atoms with van der Waals surface area (Å²) in [5, 5.41) is 13.9. The summed E-state index contributed by atoms with van der Waals surface area (Å²) in [7, 11) is 0. The molecule has 0 spiro atoms. The van der Waals surface area contributed by atoms with Crippen LogP contribution in [0.5, 0.6) is 0 Å². The van der Waals surface area contributed by atoms with Crippen LogP contribution in [0.1, 0.15) is 6.42 Å². The minimum Gasteiger partial charge on any atom is -0.396 e. The maximum Gasteiger partial charge on any atom is 0.319 e. The van der Waals surface area contributed by atoms with Crippen molar-refractivity contribution < 1.29 is 9.90 Å². The third-order valence-corrected chi connectivity index (χ3v) is 2.98. The lowest BCUT2D eigenvalue weighted by Gasteiger charge is -2.09. The number of urea groups is 1. The molecule has 4 nitrogen and oxygen atoms in total. The molecule has 1 aromatic rings. The van der Waals surface area contributed by atoms with Crippen molar-refractivity contribution in [2.75, 3.05) is 18.5 Å². The van der Waals surface area contributed by atoms with Gasteiger partial charge < -0.3 is 15.7 Å². The van der Waals surface area contributed by atoms with Gasteiger partial charge in [-0.3, -0.25) is 0 Å². The Bertz CT molecular complexity index is 372. The van der Waals surface area contributed by atoms with Crippen molar-refractivity contribution in [3.8, 4) is 0 Å². The first-order valence-electron chi connectivity index (χ1n) is 4.74. The van der Waals surface area contributed by atoms with Crippen molar-refractivity contribution in [3.63, 3.8) is 0 Å². The lowest BCUT2D eigenvalue weighted by Crippen LogP contribution is -2.30. The third-order valence-electron chi connectivity index (χ3n) is 1.80. The Morgan fingerprint density at radius 2 is 2.12 bits per heavy atom. The zero-order valence-electron chi connectivity index (χ0n) is 8.46. The van der Waals surface area contributed by atoms with Crippen LogP contribution in [0.25, 0.3) is 0 Å². The lowest BCUT2D eigenvalue weighted by atomic mass is 10.3. The summed E-state index contributed by atoms with van der Waals surface area (Å²) < 4.78 is 1.70. The van der Waals surface area contributed by atoms with Gasteiger partial charge in [-0.2, -0.15) is 0 Å². The molecule has 0 aromatic heterocycles. The van der Waals surface area contributed by atoms with E-state index in [0.29, 0.717) is 18.7 Å². The van der Waals surface area contributed by atoms with Crippen LogP contribution in [-0.2, 0) is 0 Å². The van der Waals surface area contributed by atoms with Crippen LogP contribution in [0.2, 0.25) is 0 Å². The van der Waals surface area contributed by atoms with Crippen LogP contribution in [-0.4, -0.2) is 24.3 Å². The number of anilines is 1. The number of aliphatic hydroxyl groups is 1. The maximum absolute atomic E-state index is 11.4. The van der Waals surface area contributed by atoms with Crippen LogP contribution in [0.15, 0.2) is 27.1 Å². The van der Waals surface area contributed by atoms with E-state index in [1.54, 1.807) is 6.07 Å². The smallest absolute Gasteiger partial charge is 0.319 e. The number of halogens is 2. The molecule has 1 aromatic carbocycles. The van der Waals surface area contributed by atoms with Gasteiger partial charge in [-0.15, -0.1) is 0 Å². The Morgan fingerprint density at radius 3 is 2.81 bits per heavy atom. The summed E-state index contributed by atoms with van der Waals surface area (Å²) in [4.78, 5) is 11.4. The van der Waals surface area contributed by atoms with Crippen molar-refractivity contribution in [2.24, 2.45) is 0 Å². The fourth-order valence-electron chi connectivity index (χ4n) is 1.04. The van der Waals surface area contributed by atoms with E-state index in [1.165, 1.54) is 0 Å². The second-order valence-electron chi connectivity index (χ2n) is 3.08. The van der Waals surface area contributed by atoms with E-state index in [0.717, 1.165) is 8.95 Å². The number of amides is 2. The molecule has 0 heterocycles. The maximum atomic E-state index is 11.4. The number of benzene rings is 1. The van der Waals surface area contributed by atoms with Crippen LogP contribution in [0.3, 0.4) is 0 Å². The molecule has 2 amide bonds. The van der Waals surface area contributed by atoms with Gasteiger partial charge in [0.25, 0.3) is 0 Å². The Hall–Kier alpha value is -0.590. The van der Waals surface area contributed by atoms with Gasteiger partial charge in [0.1, 0.15) is 0 Å². The molecular weight excluding hydrogens is 340 g/mol. The highest BCUT2D eigenvalue weighted by Gasteiger charge is 2.04. The molecule has 0 aliphatic heterocycles. The molecule has 0 bridgehead atoms. The number of carbonyl (C=O) groups is 1. The quantitative estimate of drug-likeness (QED) is 0.730. The van der Waals surface area contributed by atoms with Gasteiger partial charge >= 0.3 is 6.03 Å². The van der Waals surface area contributed by atoms with E-state index in [1.807, 2.05) is 12.1 Å². The molecule has 0 radical (unpaired) electrons. The Kier molecular flexibility index (Phi) is 5.79. The molecule has 88 valence electrons. The fourth-order valence-corrected chi connectivity index (χ4v) is 1.75. The molecule has 6 heteroatoms. The first-order valence-corrected chi connectivity index (χ1v) is 6.33. The normalized spacial score (nSPS) is 9.94. The molecule has 0 atom stereocenters. The van der Waals surface area contributed by atoms with E-state index in [2.05, 4.69) is 42.5 Å². The molecule has 3 N–H and O–H groups in total. The van der Waals surface area contributed by atoms with Crippen molar-refractivity contribution in [3.05, 3.63) is 27.1 Å². The van der Waals surface area contributed by atoms with Crippen LogP contribution in [0, 0.1) is 0 Å². The fraction of sp³-hybridized carbons (Fsp3) is 0.300. The minimum absolute atomic E-state index is 0.0703. The van der Waals surface area contributed by atoms with E-state index >= 15 is 0 Å². The van der Waals surface area contributed by atoms with Crippen molar-refractivity contribution in [1.82, 2.24) is 5.32 Å². The summed E-state index contributed by atoms with van der Waals surface area (Å²) in [5.41, 5.74) is 0.691. The molecule has 0 saturated carbocycles. The van der Waals surface area contributed by atoms with Crippen LogP contribution >= 0.6 is 31.9 Å². The summed E-state index contributed by atoms with van der Waals surface area (Å²) in [6.07, 6.45) is 0.549.